The molecular formula is C16H17N9O5S. The van der Waals surface area contributed by atoms with Crippen molar-refractivity contribution in [3.05, 3.63) is 39.8 Å². The summed E-state index contributed by atoms with van der Waals surface area (Å²) >= 11 is 1.37. The molecule has 1 saturated heterocycles. The highest BCUT2D eigenvalue weighted by atomic mass is 32.2. The maximum Gasteiger partial charge on any atom is 0.327 e. The highest BCUT2D eigenvalue weighted by Crippen LogP contribution is 2.33. The number of aliphatic hydroxyl groups excluding tert-OH is 2. The summed E-state index contributed by atoms with van der Waals surface area (Å²) in [7, 11) is 0. The maximum absolute atomic E-state index is 11.8. The first-order valence-corrected chi connectivity index (χ1v) is 10.3. The van der Waals surface area contributed by atoms with Crippen LogP contribution in [-0.4, -0.2) is 73.3 Å². The van der Waals surface area contributed by atoms with Crippen molar-refractivity contribution in [2.24, 2.45) is 0 Å². The zero-order chi connectivity index (χ0) is 21.7. The van der Waals surface area contributed by atoms with E-state index in [4.69, 9.17) is 10.5 Å². The number of nitrogens with one attached hydrogen (secondary N) is 2. The van der Waals surface area contributed by atoms with Gasteiger partial charge < -0.3 is 25.3 Å². The van der Waals surface area contributed by atoms with Crippen molar-refractivity contribution in [2.45, 2.75) is 30.4 Å². The van der Waals surface area contributed by atoms with Gasteiger partial charge in [0, 0.05) is 5.75 Å². The highest BCUT2D eigenvalue weighted by molar-refractivity contribution is 7.98. The highest BCUT2D eigenvalue weighted by Gasteiger charge is 2.44. The Hall–Kier alpha value is -3.27. The van der Waals surface area contributed by atoms with Gasteiger partial charge in [0.25, 0.3) is 5.56 Å². The Morgan fingerprint density at radius 1 is 1.10 bits per heavy atom. The topological polar surface area (TPSA) is 203 Å². The van der Waals surface area contributed by atoms with Crippen molar-refractivity contribution >= 4 is 39.9 Å². The Kier molecular flexibility index (Phi) is 4.73. The second-order valence-corrected chi connectivity index (χ2v) is 7.95. The average molecular weight is 447 g/mol. The van der Waals surface area contributed by atoms with Gasteiger partial charge in [-0.15, -0.1) is 11.8 Å². The molecule has 162 valence electrons. The second-order valence-electron chi connectivity index (χ2n) is 6.95. The van der Waals surface area contributed by atoms with Gasteiger partial charge in [0.05, 0.1) is 24.6 Å². The minimum Gasteiger partial charge on any atom is -0.387 e. The zero-order valence-corrected chi connectivity index (χ0v) is 16.6. The molecule has 0 saturated carbocycles. The number of nitrogens with two attached hydrogens (primary N) is 1. The van der Waals surface area contributed by atoms with Gasteiger partial charge in [0.15, 0.2) is 23.2 Å². The summed E-state index contributed by atoms with van der Waals surface area (Å²) < 4.78 is 9.00. The number of aromatic nitrogens is 8. The smallest absolute Gasteiger partial charge is 0.327 e. The first kappa shape index (κ1) is 19.7. The van der Waals surface area contributed by atoms with Crippen LogP contribution in [0.4, 0.5) is 5.82 Å². The molecule has 4 aromatic heterocycles. The van der Waals surface area contributed by atoms with Crippen LogP contribution in [0.3, 0.4) is 0 Å². The second kappa shape index (κ2) is 7.45. The molecule has 0 bridgehead atoms. The number of H-pyrrole nitrogens is 2. The number of hydrogen-bond acceptors (Lipinski definition) is 11. The maximum atomic E-state index is 11.8. The van der Waals surface area contributed by atoms with Gasteiger partial charge in [-0.2, -0.15) is 0 Å². The first-order chi connectivity index (χ1) is 14.9. The van der Waals surface area contributed by atoms with Gasteiger partial charge in [-0.1, -0.05) is 0 Å². The third kappa shape index (κ3) is 3.27. The summed E-state index contributed by atoms with van der Waals surface area (Å²) in [5.41, 5.74) is 5.79. The van der Waals surface area contributed by atoms with Crippen molar-refractivity contribution in [2.75, 3.05) is 11.5 Å². The van der Waals surface area contributed by atoms with E-state index in [1.54, 1.807) is 4.57 Å². The fourth-order valence-corrected chi connectivity index (χ4v) is 4.50. The molecule has 0 aliphatic carbocycles. The molecule has 0 spiro atoms. The Labute approximate surface area is 176 Å². The van der Waals surface area contributed by atoms with Gasteiger partial charge in [-0.3, -0.25) is 19.3 Å². The molecule has 5 rings (SSSR count). The molecule has 31 heavy (non-hydrogen) atoms. The lowest BCUT2D eigenvalue weighted by Crippen LogP contribution is -2.32. The van der Waals surface area contributed by atoms with Crippen molar-refractivity contribution < 1.29 is 14.9 Å². The summed E-state index contributed by atoms with van der Waals surface area (Å²) in [6.07, 6.45) is 0.222. The van der Waals surface area contributed by atoms with E-state index < -0.39 is 35.8 Å². The normalized spacial score (nSPS) is 23.8. The predicted octanol–water partition coefficient (Wildman–Crippen LogP) is -1.86. The Balaban J connectivity index is 1.30. The van der Waals surface area contributed by atoms with Crippen LogP contribution in [0.25, 0.3) is 22.3 Å². The van der Waals surface area contributed by atoms with Crippen molar-refractivity contribution in [1.29, 1.82) is 0 Å². The van der Waals surface area contributed by atoms with E-state index in [2.05, 4.69) is 29.9 Å². The number of nitrogen functional groups attached to an aromatic ring is 1. The Morgan fingerprint density at radius 3 is 2.74 bits per heavy atom. The van der Waals surface area contributed by atoms with Crippen LogP contribution in [0.2, 0.25) is 0 Å². The van der Waals surface area contributed by atoms with Crippen molar-refractivity contribution in [1.82, 2.24) is 39.0 Å². The molecule has 1 aliphatic heterocycles. The molecule has 0 radical (unpaired) electrons. The van der Waals surface area contributed by atoms with Gasteiger partial charge in [-0.25, -0.2) is 24.7 Å². The number of ether oxygens (including phenoxy) is 1. The molecule has 5 heterocycles. The number of thioether (sulfide) groups is 1. The molecular weight excluding hydrogens is 430 g/mol. The average Bonchev–Trinajstić information content (AvgIpc) is 3.41. The number of fused-ring (bicyclic) bond motifs is 2. The lowest BCUT2D eigenvalue weighted by molar-refractivity contribution is -0.0289. The van der Waals surface area contributed by atoms with Crippen LogP contribution in [0.5, 0.6) is 0 Å². The van der Waals surface area contributed by atoms with Gasteiger partial charge >= 0.3 is 5.69 Å². The van der Waals surface area contributed by atoms with E-state index in [9.17, 15) is 19.8 Å². The summed E-state index contributed by atoms with van der Waals surface area (Å²) in [6.45, 7) is 0. The van der Waals surface area contributed by atoms with Gasteiger partial charge in [0.2, 0.25) is 0 Å². The Bertz CT molecular complexity index is 1380. The number of aliphatic hydroxyl groups is 2. The summed E-state index contributed by atoms with van der Waals surface area (Å²) in [5, 5.41) is 21.0. The molecule has 4 aromatic rings. The molecule has 4 unspecified atom stereocenters. The largest absolute Gasteiger partial charge is 0.387 e. The molecule has 4 atom stereocenters. The molecule has 14 nitrogen and oxygen atoms in total. The number of imidazole rings is 2. The standard InChI is InChI=1S/C16H17N9O5S/c17-11-7-12(19-2-18-11)25(4-21-7)15-10(27)9(26)6(30-15)1-31-5-24-3-20-8-13(24)22-16(29)23-14(8)28/h2-4,6,9-10,15,26-27H,1,5H2,(H2,17,18,19)(H2,22,23,28,29). The number of aromatic amines is 2. The minimum atomic E-state index is -1.21. The molecule has 1 aliphatic rings. The molecule has 0 amide bonds. The summed E-state index contributed by atoms with van der Waals surface area (Å²) in [4.78, 5) is 44.1. The molecule has 15 heteroatoms. The van der Waals surface area contributed by atoms with Crippen LogP contribution in [0.1, 0.15) is 6.23 Å². The number of rotatable bonds is 5. The third-order valence-corrected chi connectivity index (χ3v) is 6.05. The zero-order valence-electron chi connectivity index (χ0n) is 15.7. The summed E-state index contributed by atoms with van der Waals surface area (Å²) in [5.74, 6) is 0.861. The number of hydrogen-bond donors (Lipinski definition) is 5. The lowest BCUT2D eigenvalue weighted by atomic mass is 10.1. The quantitative estimate of drug-likeness (QED) is 0.230. The first-order valence-electron chi connectivity index (χ1n) is 9.14. The number of nitrogens with zero attached hydrogens (tertiary/aromatic N) is 6. The monoisotopic (exact) mass is 447 g/mol. The fourth-order valence-electron chi connectivity index (χ4n) is 3.50. The predicted molar refractivity (Wildman–Crippen MR) is 109 cm³/mol. The van der Waals surface area contributed by atoms with Crippen molar-refractivity contribution in [3.8, 4) is 0 Å². The van der Waals surface area contributed by atoms with Crippen LogP contribution < -0.4 is 17.0 Å². The van der Waals surface area contributed by atoms with Crippen LogP contribution in [0.15, 0.2) is 28.6 Å². The molecule has 1 fully saturated rings. The minimum absolute atomic E-state index is 0.126. The molecule has 6 N–H and O–H groups in total. The van der Waals surface area contributed by atoms with Crippen molar-refractivity contribution in [3.63, 3.8) is 0 Å². The van der Waals surface area contributed by atoms with Gasteiger partial charge in [0.1, 0.15) is 29.7 Å². The van der Waals surface area contributed by atoms with E-state index in [0.29, 0.717) is 28.4 Å². The van der Waals surface area contributed by atoms with E-state index >= 15 is 0 Å². The van der Waals surface area contributed by atoms with Crippen LogP contribution in [0, 0.1) is 0 Å². The number of anilines is 1. The van der Waals surface area contributed by atoms with E-state index in [1.807, 2.05) is 0 Å². The third-order valence-electron chi connectivity index (χ3n) is 5.02. The van der Waals surface area contributed by atoms with Gasteiger partial charge in [-0.05, 0) is 0 Å². The SMILES string of the molecule is Nc1ncnc2c1ncn2C1OC(CSCn2cnc3c(=O)[nH]c(=O)[nH]c32)C(O)C1O. The van der Waals surface area contributed by atoms with E-state index in [1.165, 1.54) is 35.3 Å². The van der Waals surface area contributed by atoms with E-state index in [-0.39, 0.29) is 11.3 Å². The van der Waals surface area contributed by atoms with E-state index in [0.717, 1.165) is 0 Å². The Morgan fingerprint density at radius 2 is 1.90 bits per heavy atom. The lowest BCUT2D eigenvalue weighted by Gasteiger charge is -2.16. The van der Waals surface area contributed by atoms with Crippen LogP contribution in [-0.2, 0) is 10.6 Å². The molecule has 0 aromatic carbocycles. The van der Waals surface area contributed by atoms with Crippen LogP contribution >= 0.6 is 11.8 Å². The fraction of sp³-hybridized carbons (Fsp3) is 0.375. The summed E-state index contributed by atoms with van der Waals surface area (Å²) in [6, 6.07) is 0.